The van der Waals surface area contributed by atoms with E-state index < -0.39 is 11.7 Å². The van der Waals surface area contributed by atoms with Gasteiger partial charge in [-0.3, -0.25) is 9.59 Å². The van der Waals surface area contributed by atoms with E-state index in [0.29, 0.717) is 37.2 Å². The molecule has 1 aromatic heterocycles. The molecule has 7 nitrogen and oxygen atoms in total. The molecule has 8 heteroatoms. The Kier molecular flexibility index (Phi) is 5.84. The van der Waals surface area contributed by atoms with Crippen LogP contribution in [-0.4, -0.2) is 46.5 Å². The number of amides is 2. The summed E-state index contributed by atoms with van der Waals surface area (Å²) in [6.45, 7) is 7.28. The number of hydrogen-bond donors (Lipinski definition) is 1. The van der Waals surface area contributed by atoms with E-state index >= 15 is 0 Å². The van der Waals surface area contributed by atoms with Crippen molar-refractivity contribution in [2.45, 2.75) is 70.0 Å². The van der Waals surface area contributed by atoms with Gasteiger partial charge < -0.3 is 10.2 Å². The van der Waals surface area contributed by atoms with Crippen molar-refractivity contribution >= 4 is 23.2 Å². The maximum atomic E-state index is 12.9. The van der Waals surface area contributed by atoms with Crippen LogP contribution in [0.15, 0.2) is 16.4 Å². The van der Waals surface area contributed by atoms with E-state index in [2.05, 4.69) is 47.2 Å². The molecule has 0 aliphatic carbocycles. The van der Waals surface area contributed by atoms with Crippen LogP contribution in [0.2, 0.25) is 0 Å². The summed E-state index contributed by atoms with van der Waals surface area (Å²) in [5, 5.41) is 12.0. The predicted molar refractivity (Wildman–Crippen MR) is 108 cm³/mol. The van der Waals surface area contributed by atoms with Gasteiger partial charge in [0.2, 0.25) is 5.91 Å². The van der Waals surface area contributed by atoms with Gasteiger partial charge in [0, 0.05) is 37.8 Å². The van der Waals surface area contributed by atoms with E-state index in [0.717, 1.165) is 17.8 Å². The third-order valence-corrected chi connectivity index (χ3v) is 6.46. The summed E-state index contributed by atoms with van der Waals surface area (Å²) in [7, 11) is 0. The molecular formula is C20H27N5O2S. The summed E-state index contributed by atoms with van der Waals surface area (Å²) in [5.74, 6) is 2.38. The Hall–Kier alpha value is -2.27. The minimum Gasteiger partial charge on any atom is -0.354 e. The van der Waals surface area contributed by atoms with Crippen molar-refractivity contribution in [1.82, 2.24) is 15.2 Å². The highest BCUT2D eigenvalue weighted by Gasteiger charge is 2.40. The van der Waals surface area contributed by atoms with E-state index in [1.165, 1.54) is 11.3 Å². The molecule has 3 rings (SSSR count). The normalized spacial score (nSPS) is 20.1. The first-order chi connectivity index (χ1) is 13.3. The summed E-state index contributed by atoms with van der Waals surface area (Å²) in [4.78, 5) is 32.3. The van der Waals surface area contributed by atoms with Gasteiger partial charge in [-0.1, -0.05) is 20.8 Å². The molecular weight excluding hydrogens is 374 g/mol. The Morgan fingerprint density at radius 1 is 1.39 bits per heavy atom. The molecule has 3 heterocycles. The smallest absolute Gasteiger partial charge is 0.266 e. The molecule has 1 unspecified atom stereocenters. The Morgan fingerprint density at radius 2 is 2.14 bits per heavy atom. The molecule has 0 spiro atoms. The van der Waals surface area contributed by atoms with Crippen LogP contribution in [0.3, 0.4) is 0 Å². The number of terminal acetylenes is 1. The van der Waals surface area contributed by atoms with Gasteiger partial charge in [0.05, 0.1) is 11.2 Å². The fraction of sp³-hybridized carbons (Fsp3) is 0.650. The first-order valence-corrected chi connectivity index (χ1v) is 10.5. The SMILES string of the molecule is C#CCCC1(CCNC(=O)C2CCCN2C(=O)c2cnc(C(C)(C)C)s2)N=N1. The Labute approximate surface area is 170 Å². The van der Waals surface area contributed by atoms with Crippen molar-refractivity contribution < 1.29 is 9.59 Å². The number of rotatable bonds is 7. The van der Waals surface area contributed by atoms with Gasteiger partial charge in [0.25, 0.3) is 5.91 Å². The van der Waals surface area contributed by atoms with Crippen molar-refractivity contribution in [1.29, 1.82) is 0 Å². The zero-order valence-corrected chi connectivity index (χ0v) is 17.5. The van der Waals surface area contributed by atoms with Gasteiger partial charge in [0.15, 0.2) is 5.66 Å². The standard InChI is InChI=1S/C20H27N5O2S/c1-5-6-9-20(23-24-20)10-11-21-16(26)14-8-7-12-25(14)17(27)15-13-22-18(28-15)19(2,3)4/h1,13-14H,6-12H2,2-4H3,(H,21,26). The average molecular weight is 402 g/mol. The molecule has 0 bridgehead atoms. The second-order valence-electron chi connectivity index (χ2n) is 8.36. The van der Waals surface area contributed by atoms with E-state index in [9.17, 15) is 9.59 Å². The molecule has 2 amide bonds. The summed E-state index contributed by atoms with van der Waals surface area (Å²) in [6, 6.07) is -0.428. The van der Waals surface area contributed by atoms with Crippen LogP contribution in [0.1, 0.15) is 67.6 Å². The highest BCUT2D eigenvalue weighted by Crippen LogP contribution is 2.36. The number of aromatic nitrogens is 1. The van der Waals surface area contributed by atoms with Crippen LogP contribution in [0, 0.1) is 12.3 Å². The maximum absolute atomic E-state index is 12.9. The number of hydrogen-bond acceptors (Lipinski definition) is 6. The monoisotopic (exact) mass is 401 g/mol. The third kappa shape index (κ3) is 4.58. The molecule has 1 saturated heterocycles. The lowest BCUT2D eigenvalue weighted by Crippen LogP contribution is -2.46. The molecule has 0 radical (unpaired) electrons. The minimum atomic E-state index is -0.428. The molecule has 1 aromatic rings. The number of carbonyl (C=O) groups is 2. The Bertz CT molecular complexity index is 811. The van der Waals surface area contributed by atoms with Crippen molar-refractivity contribution in [3.8, 4) is 12.3 Å². The molecule has 2 aliphatic rings. The van der Waals surface area contributed by atoms with Crippen molar-refractivity contribution in [2.24, 2.45) is 10.2 Å². The lowest BCUT2D eigenvalue weighted by molar-refractivity contribution is -0.124. The van der Waals surface area contributed by atoms with E-state index in [1.54, 1.807) is 11.1 Å². The number of nitrogens with zero attached hydrogens (tertiary/aromatic N) is 4. The largest absolute Gasteiger partial charge is 0.354 e. The molecule has 0 aromatic carbocycles. The fourth-order valence-corrected chi connectivity index (χ4v) is 4.25. The zero-order chi connectivity index (χ0) is 20.4. The highest BCUT2D eigenvalue weighted by atomic mass is 32.1. The molecule has 1 atom stereocenters. The Morgan fingerprint density at radius 3 is 2.75 bits per heavy atom. The third-order valence-electron chi connectivity index (χ3n) is 5.05. The van der Waals surface area contributed by atoms with E-state index in [4.69, 9.17) is 6.42 Å². The number of nitrogens with one attached hydrogen (secondary N) is 1. The van der Waals surface area contributed by atoms with Gasteiger partial charge in [-0.25, -0.2) is 4.98 Å². The van der Waals surface area contributed by atoms with Gasteiger partial charge in [0.1, 0.15) is 10.9 Å². The number of thiazole rings is 1. The van der Waals surface area contributed by atoms with Crippen LogP contribution in [0.5, 0.6) is 0 Å². The zero-order valence-electron chi connectivity index (χ0n) is 16.7. The summed E-state index contributed by atoms with van der Waals surface area (Å²) in [6.07, 6.45) is 10.4. The topological polar surface area (TPSA) is 87.0 Å². The Balaban J connectivity index is 1.55. The van der Waals surface area contributed by atoms with Crippen molar-refractivity contribution in [3.05, 3.63) is 16.1 Å². The molecule has 0 saturated carbocycles. The molecule has 28 heavy (non-hydrogen) atoms. The molecule has 1 fully saturated rings. The number of carbonyl (C=O) groups excluding carboxylic acids is 2. The lowest BCUT2D eigenvalue weighted by Gasteiger charge is -2.23. The van der Waals surface area contributed by atoms with Gasteiger partial charge >= 0.3 is 0 Å². The predicted octanol–water partition coefficient (Wildman–Crippen LogP) is 3.13. The first kappa shape index (κ1) is 20.5. The lowest BCUT2D eigenvalue weighted by atomic mass is 9.98. The van der Waals surface area contributed by atoms with Gasteiger partial charge in [-0.15, -0.1) is 23.7 Å². The molecule has 150 valence electrons. The highest BCUT2D eigenvalue weighted by molar-refractivity contribution is 7.13. The van der Waals surface area contributed by atoms with Crippen LogP contribution in [-0.2, 0) is 10.2 Å². The van der Waals surface area contributed by atoms with Crippen molar-refractivity contribution in [2.75, 3.05) is 13.1 Å². The van der Waals surface area contributed by atoms with E-state index in [1.807, 2.05) is 0 Å². The van der Waals surface area contributed by atoms with Crippen LogP contribution >= 0.6 is 11.3 Å². The van der Waals surface area contributed by atoms with Gasteiger partial charge in [-0.05, 0) is 12.8 Å². The quantitative estimate of drug-likeness (QED) is 0.712. The fourth-order valence-electron chi connectivity index (χ4n) is 3.32. The summed E-state index contributed by atoms with van der Waals surface area (Å²) < 4.78 is 0. The van der Waals surface area contributed by atoms with Gasteiger partial charge in [-0.2, -0.15) is 10.2 Å². The average Bonchev–Trinajstić information content (AvgIpc) is 3.06. The summed E-state index contributed by atoms with van der Waals surface area (Å²) in [5.41, 5.74) is -0.504. The van der Waals surface area contributed by atoms with Crippen LogP contribution in [0.4, 0.5) is 0 Å². The van der Waals surface area contributed by atoms with Crippen molar-refractivity contribution in [3.63, 3.8) is 0 Å². The van der Waals surface area contributed by atoms with E-state index in [-0.39, 0.29) is 17.2 Å². The van der Waals surface area contributed by atoms with Crippen LogP contribution in [0.25, 0.3) is 0 Å². The summed E-state index contributed by atoms with van der Waals surface area (Å²) >= 11 is 1.41. The minimum absolute atomic E-state index is 0.0979. The number of likely N-dealkylation sites (tertiary alicyclic amines) is 1. The molecule has 2 aliphatic heterocycles. The molecule has 1 N–H and O–H groups in total. The van der Waals surface area contributed by atoms with Crippen LogP contribution < -0.4 is 5.32 Å². The maximum Gasteiger partial charge on any atom is 0.266 e. The first-order valence-electron chi connectivity index (χ1n) is 9.68. The second kappa shape index (κ2) is 8.00. The second-order valence-corrected chi connectivity index (χ2v) is 9.39.